The molecule has 2 rings (SSSR count). The molecule has 0 amide bonds. The average molecular weight is 298 g/mol. The van der Waals surface area contributed by atoms with Crippen LogP contribution in [-0.2, 0) is 0 Å². The van der Waals surface area contributed by atoms with Crippen LogP contribution in [0.1, 0.15) is 37.1 Å². The minimum absolute atomic E-state index is 0.633. The van der Waals surface area contributed by atoms with E-state index in [1.165, 1.54) is 25.7 Å². The molecule has 1 aromatic rings. The summed E-state index contributed by atoms with van der Waals surface area (Å²) in [5.74, 6) is 0.930. The Kier molecular flexibility index (Phi) is 4.37. The Morgan fingerprint density at radius 1 is 1.35 bits per heavy atom. The molecule has 1 fully saturated rings. The van der Waals surface area contributed by atoms with E-state index in [-0.39, 0.29) is 0 Å². The van der Waals surface area contributed by atoms with Crippen molar-refractivity contribution in [2.24, 2.45) is 0 Å². The monoisotopic (exact) mass is 297 g/mol. The van der Waals surface area contributed by atoms with Gasteiger partial charge in [-0.2, -0.15) is 0 Å². The molecule has 0 spiro atoms. The smallest absolute Gasteiger partial charge is 0.226 e. The van der Waals surface area contributed by atoms with Gasteiger partial charge in [0.2, 0.25) is 5.95 Å². The molecule has 17 heavy (non-hydrogen) atoms. The summed E-state index contributed by atoms with van der Waals surface area (Å²) in [7, 11) is 0. The summed E-state index contributed by atoms with van der Waals surface area (Å²) in [5.41, 5.74) is 2.14. The first-order chi connectivity index (χ1) is 8.20. The highest BCUT2D eigenvalue weighted by molar-refractivity contribution is 9.09. The number of aryl methyl sites for hydroxylation is 2. The van der Waals surface area contributed by atoms with Gasteiger partial charge < -0.3 is 4.90 Å². The van der Waals surface area contributed by atoms with Crippen LogP contribution in [0.25, 0.3) is 0 Å². The number of halogens is 1. The molecular formula is C13H20BrN3. The molecule has 1 unspecified atom stereocenters. The van der Waals surface area contributed by atoms with Gasteiger partial charge in [-0.15, -0.1) is 0 Å². The minimum atomic E-state index is 0.633. The standard InChI is InChI=1S/C13H20BrN3/c1-10-9-11(2)16-13(15-10)17-8-4-6-12(17)5-3-7-14/h9,12H,3-8H2,1-2H3. The van der Waals surface area contributed by atoms with Gasteiger partial charge in [0.05, 0.1) is 0 Å². The van der Waals surface area contributed by atoms with Crippen LogP contribution in [0.15, 0.2) is 6.07 Å². The number of hydrogen-bond acceptors (Lipinski definition) is 3. The zero-order valence-corrected chi connectivity index (χ0v) is 12.2. The van der Waals surface area contributed by atoms with E-state index in [0.717, 1.165) is 29.2 Å². The highest BCUT2D eigenvalue weighted by Crippen LogP contribution is 2.26. The Morgan fingerprint density at radius 2 is 2.06 bits per heavy atom. The fourth-order valence-corrected chi connectivity index (χ4v) is 2.87. The lowest BCUT2D eigenvalue weighted by Crippen LogP contribution is -2.31. The van der Waals surface area contributed by atoms with Gasteiger partial charge in [0.1, 0.15) is 0 Å². The molecule has 0 aromatic carbocycles. The second-order valence-corrected chi connectivity index (χ2v) is 5.56. The molecule has 1 aliphatic heterocycles. The maximum atomic E-state index is 4.58. The van der Waals surface area contributed by atoms with Crippen LogP contribution in [0, 0.1) is 13.8 Å². The minimum Gasteiger partial charge on any atom is -0.338 e. The number of aromatic nitrogens is 2. The van der Waals surface area contributed by atoms with Gasteiger partial charge in [0.25, 0.3) is 0 Å². The zero-order chi connectivity index (χ0) is 12.3. The van der Waals surface area contributed by atoms with Gasteiger partial charge in [0, 0.05) is 29.3 Å². The summed E-state index contributed by atoms with van der Waals surface area (Å²) >= 11 is 3.51. The summed E-state index contributed by atoms with van der Waals surface area (Å²) in [4.78, 5) is 11.5. The summed E-state index contributed by atoms with van der Waals surface area (Å²) in [6.07, 6.45) is 5.01. The molecule has 2 heterocycles. The van der Waals surface area contributed by atoms with Gasteiger partial charge in [-0.05, 0) is 45.6 Å². The lowest BCUT2D eigenvalue weighted by Gasteiger charge is -2.25. The molecule has 1 aromatic heterocycles. The summed E-state index contributed by atoms with van der Waals surface area (Å²) in [6, 6.07) is 2.67. The molecule has 0 N–H and O–H groups in total. The number of hydrogen-bond donors (Lipinski definition) is 0. The van der Waals surface area contributed by atoms with Gasteiger partial charge >= 0.3 is 0 Å². The normalized spacial score (nSPS) is 19.9. The van der Waals surface area contributed by atoms with E-state index in [2.05, 4.69) is 30.8 Å². The van der Waals surface area contributed by atoms with Crippen molar-refractivity contribution in [1.82, 2.24) is 9.97 Å². The first-order valence-electron chi connectivity index (χ1n) is 6.35. The Labute approximate surface area is 112 Å². The predicted molar refractivity (Wildman–Crippen MR) is 74.9 cm³/mol. The van der Waals surface area contributed by atoms with E-state index < -0.39 is 0 Å². The quantitative estimate of drug-likeness (QED) is 0.799. The van der Waals surface area contributed by atoms with E-state index in [1.54, 1.807) is 0 Å². The summed E-state index contributed by atoms with van der Waals surface area (Å²) < 4.78 is 0. The number of rotatable bonds is 4. The molecule has 4 heteroatoms. The molecule has 1 saturated heterocycles. The van der Waals surface area contributed by atoms with Crippen molar-refractivity contribution in [3.63, 3.8) is 0 Å². The van der Waals surface area contributed by atoms with Crippen molar-refractivity contribution in [1.29, 1.82) is 0 Å². The van der Waals surface area contributed by atoms with Crippen LogP contribution in [-0.4, -0.2) is 27.9 Å². The Bertz CT molecular complexity index is 361. The van der Waals surface area contributed by atoms with Gasteiger partial charge in [0.15, 0.2) is 0 Å². The molecule has 94 valence electrons. The van der Waals surface area contributed by atoms with Crippen LogP contribution >= 0.6 is 15.9 Å². The van der Waals surface area contributed by atoms with Crippen molar-refractivity contribution in [2.45, 2.75) is 45.6 Å². The third-order valence-electron chi connectivity index (χ3n) is 3.28. The van der Waals surface area contributed by atoms with Crippen molar-refractivity contribution in [3.05, 3.63) is 17.5 Å². The number of alkyl halides is 1. The van der Waals surface area contributed by atoms with Crippen LogP contribution in [0.4, 0.5) is 5.95 Å². The summed E-state index contributed by atoms with van der Waals surface area (Å²) in [6.45, 7) is 5.19. The van der Waals surface area contributed by atoms with E-state index in [0.29, 0.717) is 6.04 Å². The van der Waals surface area contributed by atoms with E-state index in [9.17, 15) is 0 Å². The fraction of sp³-hybridized carbons (Fsp3) is 0.692. The number of nitrogens with zero attached hydrogens (tertiary/aromatic N) is 3. The number of anilines is 1. The van der Waals surface area contributed by atoms with Crippen LogP contribution in [0.2, 0.25) is 0 Å². The fourth-order valence-electron chi connectivity index (χ4n) is 2.55. The second kappa shape index (κ2) is 5.80. The SMILES string of the molecule is Cc1cc(C)nc(N2CCCC2CCCBr)n1. The molecule has 0 aliphatic carbocycles. The van der Waals surface area contributed by atoms with Gasteiger partial charge in [-0.3, -0.25) is 0 Å². The molecule has 0 bridgehead atoms. The lowest BCUT2D eigenvalue weighted by molar-refractivity contribution is 0.594. The third kappa shape index (κ3) is 3.18. The highest BCUT2D eigenvalue weighted by atomic mass is 79.9. The molecule has 1 aliphatic rings. The lowest BCUT2D eigenvalue weighted by atomic mass is 10.1. The molecule has 3 nitrogen and oxygen atoms in total. The second-order valence-electron chi connectivity index (χ2n) is 4.77. The van der Waals surface area contributed by atoms with Gasteiger partial charge in [-0.1, -0.05) is 15.9 Å². The maximum absolute atomic E-state index is 4.58. The van der Waals surface area contributed by atoms with E-state index in [4.69, 9.17) is 0 Å². The highest BCUT2D eigenvalue weighted by Gasteiger charge is 2.26. The third-order valence-corrected chi connectivity index (χ3v) is 3.84. The topological polar surface area (TPSA) is 29.0 Å². The van der Waals surface area contributed by atoms with Crippen molar-refractivity contribution >= 4 is 21.9 Å². The Hall–Kier alpha value is -0.640. The predicted octanol–water partition coefficient (Wildman–Crippen LogP) is 3.24. The zero-order valence-electron chi connectivity index (χ0n) is 10.6. The Morgan fingerprint density at radius 3 is 2.71 bits per heavy atom. The van der Waals surface area contributed by atoms with Crippen molar-refractivity contribution in [3.8, 4) is 0 Å². The van der Waals surface area contributed by atoms with Crippen LogP contribution < -0.4 is 4.90 Å². The molecule has 0 radical (unpaired) electrons. The van der Waals surface area contributed by atoms with Crippen molar-refractivity contribution in [2.75, 3.05) is 16.8 Å². The molecule has 1 atom stereocenters. The molecule has 0 saturated carbocycles. The van der Waals surface area contributed by atoms with Crippen LogP contribution in [0.5, 0.6) is 0 Å². The average Bonchev–Trinajstić information content (AvgIpc) is 2.73. The largest absolute Gasteiger partial charge is 0.338 e. The summed E-state index contributed by atoms with van der Waals surface area (Å²) in [5, 5.41) is 1.09. The van der Waals surface area contributed by atoms with Crippen LogP contribution in [0.3, 0.4) is 0 Å². The first-order valence-corrected chi connectivity index (χ1v) is 7.48. The van der Waals surface area contributed by atoms with E-state index >= 15 is 0 Å². The Balaban J connectivity index is 2.14. The maximum Gasteiger partial charge on any atom is 0.226 e. The van der Waals surface area contributed by atoms with Crippen molar-refractivity contribution < 1.29 is 0 Å². The first kappa shape index (κ1) is 12.8. The molecular weight excluding hydrogens is 278 g/mol. The van der Waals surface area contributed by atoms with E-state index in [1.807, 2.05) is 19.9 Å². The van der Waals surface area contributed by atoms with Gasteiger partial charge in [-0.25, -0.2) is 9.97 Å².